The van der Waals surface area contributed by atoms with Gasteiger partial charge in [-0.3, -0.25) is 10.1 Å². The summed E-state index contributed by atoms with van der Waals surface area (Å²) in [6.45, 7) is 5.97. The highest BCUT2D eigenvalue weighted by atomic mass is 32.1. The van der Waals surface area contributed by atoms with Crippen molar-refractivity contribution in [1.82, 2.24) is 5.32 Å². The summed E-state index contributed by atoms with van der Waals surface area (Å²) < 4.78 is 5.58. The van der Waals surface area contributed by atoms with Crippen LogP contribution in [0.3, 0.4) is 0 Å². The van der Waals surface area contributed by atoms with E-state index >= 15 is 0 Å². The minimum Gasteiger partial charge on any atom is -0.491 e. The van der Waals surface area contributed by atoms with Crippen LogP contribution in [0.2, 0.25) is 0 Å². The fraction of sp³-hybridized carbons (Fsp3) is 0.200. The molecule has 0 saturated heterocycles. The molecule has 4 nitrogen and oxygen atoms in total. The van der Waals surface area contributed by atoms with Gasteiger partial charge in [-0.1, -0.05) is 29.8 Å². The Morgan fingerprint density at radius 1 is 1.08 bits per heavy atom. The largest absolute Gasteiger partial charge is 0.491 e. The molecule has 25 heavy (non-hydrogen) atoms. The predicted octanol–water partition coefficient (Wildman–Crippen LogP) is 4.31. The van der Waals surface area contributed by atoms with Crippen LogP contribution >= 0.6 is 12.2 Å². The van der Waals surface area contributed by atoms with E-state index in [0.29, 0.717) is 0 Å². The first-order valence-corrected chi connectivity index (χ1v) is 8.46. The van der Waals surface area contributed by atoms with E-state index in [2.05, 4.69) is 10.6 Å². The number of ether oxygens (including phenoxy) is 1. The zero-order valence-corrected chi connectivity index (χ0v) is 15.4. The third-order valence-corrected chi connectivity index (χ3v) is 3.43. The Balaban J connectivity index is 1.84. The lowest BCUT2D eigenvalue weighted by molar-refractivity contribution is -0.115. The molecule has 2 aromatic rings. The number of hydrogen-bond donors (Lipinski definition) is 2. The topological polar surface area (TPSA) is 50.4 Å². The van der Waals surface area contributed by atoms with Crippen molar-refractivity contribution in [3.05, 3.63) is 65.7 Å². The molecule has 2 N–H and O–H groups in total. The molecule has 0 fully saturated rings. The Morgan fingerprint density at radius 3 is 2.32 bits per heavy atom. The van der Waals surface area contributed by atoms with Gasteiger partial charge in [-0.15, -0.1) is 0 Å². The van der Waals surface area contributed by atoms with E-state index in [1.807, 2.05) is 69.3 Å². The van der Waals surface area contributed by atoms with Crippen LogP contribution in [0.1, 0.15) is 25.0 Å². The predicted molar refractivity (Wildman–Crippen MR) is 107 cm³/mol. The maximum Gasteiger partial charge on any atom is 0.250 e. The summed E-state index contributed by atoms with van der Waals surface area (Å²) in [4.78, 5) is 11.9. The summed E-state index contributed by atoms with van der Waals surface area (Å²) in [5.41, 5.74) is 2.92. The van der Waals surface area contributed by atoms with E-state index in [0.717, 1.165) is 17.0 Å². The van der Waals surface area contributed by atoms with Crippen molar-refractivity contribution in [3.63, 3.8) is 0 Å². The number of nitrogens with one attached hydrogen (secondary N) is 2. The molecule has 0 spiro atoms. The van der Waals surface area contributed by atoms with Gasteiger partial charge in [0.15, 0.2) is 5.11 Å². The van der Waals surface area contributed by atoms with Gasteiger partial charge in [0.1, 0.15) is 5.75 Å². The molecular formula is C20H22N2O2S. The lowest BCUT2D eigenvalue weighted by Crippen LogP contribution is -2.32. The van der Waals surface area contributed by atoms with E-state index < -0.39 is 0 Å². The number of carbonyl (C=O) groups is 1. The molecule has 0 aliphatic carbocycles. The second-order valence-corrected chi connectivity index (χ2v) is 6.29. The van der Waals surface area contributed by atoms with Crippen LogP contribution in [0.25, 0.3) is 6.08 Å². The van der Waals surface area contributed by atoms with E-state index in [1.165, 1.54) is 11.6 Å². The Bertz CT molecular complexity index is 750. The molecule has 0 heterocycles. The standard InChI is InChI=1S/C20H22N2O2S/c1-14(2)24-18-11-9-17(10-12-18)21-20(25)22-19(23)13-8-16-6-4-15(3)5-7-16/h4-14H,1-3H3,(H2,21,22,23,25)/b13-8+. The molecule has 5 heteroatoms. The summed E-state index contributed by atoms with van der Waals surface area (Å²) in [5.74, 6) is 0.509. The van der Waals surface area contributed by atoms with E-state index in [-0.39, 0.29) is 17.1 Å². The second kappa shape index (κ2) is 8.99. The Morgan fingerprint density at radius 2 is 1.72 bits per heavy atom. The monoisotopic (exact) mass is 354 g/mol. The van der Waals surface area contributed by atoms with Crippen molar-refractivity contribution in [2.24, 2.45) is 0 Å². The first kappa shape index (κ1) is 18.7. The average molecular weight is 354 g/mol. The van der Waals surface area contributed by atoms with Crippen molar-refractivity contribution >= 4 is 35.0 Å². The van der Waals surface area contributed by atoms with E-state index in [9.17, 15) is 4.79 Å². The first-order chi connectivity index (χ1) is 11.9. The molecule has 0 atom stereocenters. The van der Waals surface area contributed by atoms with Crippen molar-refractivity contribution in [2.45, 2.75) is 26.9 Å². The Labute approximate surface area is 153 Å². The smallest absolute Gasteiger partial charge is 0.250 e. The maximum absolute atomic E-state index is 11.9. The van der Waals surface area contributed by atoms with Crippen LogP contribution in [0.4, 0.5) is 5.69 Å². The fourth-order valence-electron chi connectivity index (χ4n) is 2.05. The summed E-state index contributed by atoms with van der Waals surface area (Å²) >= 11 is 5.15. The highest BCUT2D eigenvalue weighted by Crippen LogP contribution is 2.16. The lowest BCUT2D eigenvalue weighted by atomic mass is 10.1. The molecule has 1 amide bonds. The summed E-state index contributed by atoms with van der Waals surface area (Å²) in [6, 6.07) is 15.3. The number of anilines is 1. The lowest BCUT2D eigenvalue weighted by Gasteiger charge is -2.11. The summed E-state index contributed by atoms with van der Waals surface area (Å²) in [7, 11) is 0. The van der Waals surface area contributed by atoms with Gasteiger partial charge in [-0.2, -0.15) is 0 Å². The quantitative estimate of drug-likeness (QED) is 0.621. The molecule has 0 bridgehead atoms. The molecule has 0 aromatic heterocycles. The van der Waals surface area contributed by atoms with Gasteiger partial charge in [-0.05, 0) is 68.9 Å². The molecule has 0 saturated carbocycles. The van der Waals surface area contributed by atoms with Crippen LogP contribution < -0.4 is 15.4 Å². The maximum atomic E-state index is 11.9. The molecule has 0 aliphatic rings. The van der Waals surface area contributed by atoms with E-state index in [4.69, 9.17) is 17.0 Å². The molecular weight excluding hydrogens is 332 g/mol. The average Bonchev–Trinajstić information content (AvgIpc) is 2.55. The third-order valence-electron chi connectivity index (χ3n) is 3.23. The van der Waals surface area contributed by atoms with Crippen LogP contribution in [-0.2, 0) is 4.79 Å². The number of rotatable bonds is 5. The number of aryl methyl sites for hydroxylation is 1. The number of benzene rings is 2. The Hall–Kier alpha value is -2.66. The van der Waals surface area contributed by atoms with Crippen LogP contribution in [-0.4, -0.2) is 17.1 Å². The number of thiocarbonyl (C=S) groups is 1. The van der Waals surface area contributed by atoms with Crippen molar-refractivity contribution in [3.8, 4) is 5.75 Å². The van der Waals surface area contributed by atoms with Gasteiger partial charge in [0.2, 0.25) is 5.91 Å². The fourth-order valence-corrected chi connectivity index (χ4v) is 2.27. The number of amides is 1. The minimum absolute atomic E-state index is 0.125. The van der Waals surface area contributed by atoms with Crippen molar-refractivity contribution < 1.29 is 9.53 Å². The molecule has 130 valence electrons. The van der Waals surface area contributed by atoms with Gasteiger partial charge in [0.05, 0.1) is 6.10 Å². The summed E-state index contributed by atoms with van der Waals surface area (Å²) in [6.07, 6.45) is 3.33. The zero-order chi connectivity index (χ0) is 18.2. The number of carbonyl (C=O) groups excluding carboxylic acids is 1. The molecule has 0 aliphatic heterocycles. The Kier molecular flexibility index (Phi) is 6.71. The van der Waals surface area contributed by atoms with Crippen molar-refractivity contribution in [1.29, 1.82) is 0 Å². The molecule has 2 aromatic carbocycles. The number of hydrogen-bond acceptors (Lipinski definition) is 3. The highest BCUT2D eigenvalue weighted by Gasteiger charge is 2.03. The van der Waals surface area contributed by atoms with Gasteiger partial charge in [0.25, 0.3) is 0 Å². The summed E-state index contributed by atoms with van der Waals surface area (Å²) in [5, 5.41) is 5.84. The second-order valence-electron chi connectivity index (χ2n) is 5.88. The van der Waals surface area contributed by atoms with E-state index in [1.54, 1.807) is 6.08 Å². The highest BCUT2D eigenvalue weighted by molar-refractivity contribution is 7.80. The van der Waals surface area contributed by atoms with Crippen molar-refractivity contribution in [2.75, 3.05) is 5.32 Å². The molecule has 0 radical (unpaired) electrons. The van der Waals surface area contributed by atoms with Crippen LogP contribution in [0, 0.1) is 6.92 Å². The van der Waals surface area contributed by atoms with Crippen LogP contribution in [0.5, 0.6) is 5.75 Å². The van der Waals surface area contributed by atoms with Gasteiger partial charge in [-0.25, -0.2) is 0 Å². The normalized spacial score (nSPS) is 10.7. The first-order valence-electron chi connectivity index (χ1n) is 8.06. The van der Waals surface area contributed by atoms with Gasteiger partial charge in [0, 0.05) is 11.8 Å². The minimum atomic E-state index is -0.280. The van der Waals surface area contributed by atoms with Gasteiger partial charge >= 0.3 is 0 Å². The molecule has 2 rings (SSSR count). The third kappa shape index (κ3) is 6.77. The SMILES string of the molecule is Cc1ccc(/C=C/C(=O)NC(=S)Nc2ccc(OC(C)C)cc2)cc1. The van der Waals surface area contributed by atoms with Crippen LogP contribution in [0.15, 0.2) is 54.6 Å². The zero-order valence-electron chi connectivity index (χ0n) is 14.6. The molecule has 0 unspecified atom stereocenters. The van der Waals surface area contributed by atoms with Gasteiger partial charge < -0.3 is 10.1 Å².